The van der Waals surface area contributed by atoms with Crippen LogP contribution in [0.1, 0.15) is 6.42 Å². The van der Waals surface area contributed by atoms with Crippen molar-refractivity contribution in [3.63, 3.8) is 0 Å². The molecule has 2 rings (SSSR count). The second kappa shape index (κ2) is 4.00. The van der Waals surface area contributed by atoms with E-state index < -0.39 is 21.5 Å². The summed E-state index contributed by atoms with van der Waals surface area (Å²) in [5, 5.41) is 8.69. The van der Waals surface area contributed by atoms with Gasteiger partial charge in [0.05, 0.1) is 23.6 Å². The quantitative estimate of drug-likeness (QED) is 0.552. The number of β-lactam (4-membered cyclic amide) rings is 1. The molecule has 2 atom stereocenters. The molecule has 17 heavy (non-hydrogen) atoms. The maximum absolute atomic E-state index is 11.1. The average Bonchev–Trinajstić information content (AvgIpc) is 2.13. The van der Waals surface area contributed by atoms with Crippen molar-refractivity contribution in [1.82, 2.24) is 4.90 Å². The smallest absolute Gasteiger partial charge is 0.336 e. The molecule has 1 N–H and O–H groups in total. The van der Waals surface area contributed by atoms with Gasteiger partial charge >= 0.3 is 5.97 Å². The number of carbonyl (C=O) groups excluding carboxylic acids is 1. The molecule has 1 saturated heterocycles. The minimum absolute atomic E-state index is 0.181. The van der Waals surface area contributed by atoms with Crippen molar-refractivity contribution >= 4 is 33.8 Å². The molecule has 2 aliphatic heterocycles. The molecule has 7 nitrogen and oxygen atoms in total. The van der Waals surface area contributed by atoms with E-state index in [0.717, 1.165) is 24.2 Å². The fourth-order valence-corrected chi connectivity index (χ4v) is 3.66. The lowest BCUT2D eigenvalue weighted by Crippen LogP contribution is -2.51. The Morgan fingerprint density at radius 3 is 2.76 bits per heavy atom. The van der Waals surface area contributed by atoms with Gasteiger partial charge in [-0.3, -0.25) is 8.98 Å². The Hall–Kier alpha value is -1.06. The molecule has 1 unspecified atom stereocenters. The summed E-state index contributed by atoms with van der Waals surface area (Å²) in [6.45, 7) is 0. The van der Waals surface area contributed by atoms with Crippen LogP contribution in [0.15, 0.2) is 11.8 Å². The Labute approximate surface area is 102 Å². The maximum atomic E-state index is 11.1. The molecule has 94 valence electrons. The standard InChI is InChI=1S/C8H9NO6S2/c1-17(13,14)15-8-4(7(11)12)3-9-5(10)2-6(9)16-8/h3,6,8H,2H2,1H3,(H,11,12)/t6-,8?/m1/s1. The van der Waals surface area contributed by atoms with E-state index in [-0.39, 0.29) is 23.3 Å². The third-order valence-electron chi connectivity index (χ3n) is 2.27. The molecule has 0 aromatic carbocycles. The number of carbonyl (C=O) groups is 2. The second-order valence-corrected chi connectivity index (χ2v) is 6.46. The van der Waals surface area contributed by atoms with Crippen molar-refractivity contribution in [2.24, 2.45) is 0 Å². The van der Waals surface area contributed by atoms with E-state index in [1.807, 2.05) is 0 Å². The van der Waals surface area contributed by atoms with Crippen LogP contribution in [-0.4, -0.2) is 47.4 Å². The molecule has 2 aliphatic rings. The minimum Gasteiger partial charge on any atom is -0.478 e. The zero-order valence-electron chi connectivity index (χ0n) is 8.69. The van der Waals surface area contributed by atoms with E-state index in [0.29, 0.717) is 0 Å². The molecule has 0 spiro atoms. The molecule has 9 heteroatoms. The van der Waals surface area contributed by atoms with Crippen LogP contribution in [0, 0.1) is 0 Å². The van der Waals surface area contributed by atoms with E-state index in [1.165, 1.54) is 4.90 Å². The number of carboxylic acids is 1. The normalized spacial score (nSPS) is 28.2. The molecule has 0 aromatic rings. The Balaban J connectivity index is 2.27. The Morgan fingerprint density at radius 1 is 1.65 bits per heavy atom. The van der Waals surface area contributed by atoms with Gasteiger partial charge in [0.2, 0.25) is 5.91 Å². The van der Waals surface area contributed by atoms with Gasteiger partial charge < -0.3 is 10.0 Å². The first-order valence-electron chi connectivity index (χ1n) is 4.58. The molecule has 1 fully saturated rings. The van der Waals surface area contributed by atoms with Gasteiger partial charge in [0.25, 0.3) is 10.1 Å². The lowest BCUT2D eigenvalue weighted by atomic mass is 10.2. The summed E-state index contributed by atoms with van der Waals surface area (Å²) in [5.74, 6) is -1.48. The summed E-state index contributed by atoms with van der Waals surface area (Å²) >= 11 is 1.00. The molecule has 0 radical (unpaired) electrons. The number of nitrogens with zero attached hydrogens (tertiary/aromatic N) is 1. The van der Waals surface area contributed by atoms with Gasteiger partial charge in [-0.2, -0.15) is 8.42 Å². The van der Waals surface area contributed by atoms with E-state index in [4.69, 9.17) is 5.11 Å². The molecule has 2 heterocycles. The highest BCUT2D eigenvalue weighted by atomic mass is 32.2. The summed E-state index contributed by atoms with van der Waals surface area (Å²) in [6.07, 6.45) is 2.26. The van der Waals surface area contributed by atoms with Crippen molar-refractivity contribution in [2.75, 3.05) is 6.26 Å². The van der Waals surface area contributed by atoms with Gasteiger partial charge in [0.15, 0.2) is 5.44 Å². The van der Waals surface area contributed by atoms with Crippen molar-refractivity contribution in [1.29, 1.82) is 0 Å². The lowest BCUT2D eigenvalue weighted by Gasteiger charge is -2.42. The van der Waals surface area contributed by atoms with Crippen LogP contribution < -0.4 is 0 Å². The third-order valence-corrected chi connectivity index (χ3v) is 4.24. The monoisotopic (exact) mass is 279 g/mol. The van der Waals surface area contributed by atoms with Gasteiger partial charge in [-0.05, 0) is 0 Å². The summed E-state index contributed by atoms with van der Waals surface area (Å²) in [5.41, 5.74) is -1.35. The van der Waals surface area contributed by atoms with Crippen LogP contribution in [-0.2, 0) is 23.9 Å². The second-order valence-electron chi connectivity index (χ2n) is 3.62. The third kappa shape index (κ3) is 2.45. The number of rotatable bonds is 3. The highest BCUT2D eigenvalue weighted by molar-refractivity contribution is 8.01. The number of amides is 1. The first-order valence-corrected chi connectivity index (χ1v) is 7.34. The predicted molar refractivity (Wildman–Crippen MR) is 58.3 cm³/mol. The minimum atomic E-state index is -3.75. The van der Waals surface area contributed by atoms with Crippen molar-refractivity contribution < 1.29 is 27.3 Å². The van der Waals surface area contributed by atoms with Crippen molar-refractivity contribution in [3.8, 4) is 0 Å². The van der Waals surface area contributed by atoms with Crippen LogP contribution >= 0.6 is 11.8 Å². The topological polar surface area (TPSA) is 101 Å². The van der Waals surface area contributed by atoms with Crippen LogP contribution in [0.2, 0.25) is 0 Å². The molecular formula is C8H9NO6S2. The highest BCUT2D eigenvalue weighted by Gasteiger charge is 2.44. The highest BCUT2D eigenvalue weighted by Crippen LogP contribution is 2.41. The molecule has 0 aliphatic carbocycles. The summed E-state index contributed by atoms with van der Waals surface area (Å²) < 4.78 is 26.7. The van der Waals surface area contributed by atoms with E-state index in [1.54, 1.807) is 0 Å². The fraction of sp³-hybridized carbons (Fsp3) is 0.500. The van der Waals surface area contributed by atoms with Crippen molar-refractivity contribution in [3.05, 3.63) is 11.8 Å². The first kappa shape index (κ1) is 12.4. The molecule has 0 bridgehead atoms. The van der Waals surface area contributed by atoms with Gasteiger partial charge in [0.1, 0.15) is 0 Å². The predicted octanol–water partition coefficient (Wildman–Crippen LogP) is -0.438. The number of fused-ring (bicyclic) bond motifs is 1. The molecular weight excluding hydrogens is 270 g/mol. The van der Waals surface area contributed by atoms with Gasteiger partial charge in [-0.1, -0.05) is 11.8 Å². The maximum Gasteiger partial charge on any atom is 0.336 e. The number of carboxylic acid groups (broad SMARTS) is 1. The fourth-order valence-electron chi connectivity index (χ4n) is 1.49. The summed E-state index contributed by atoms with van der Waals surface area (Å²) in [7, 11) is -3.75. The largest absolute Gasteiger partial charge is 0.478 e. The number of aliphatic carboxylic acids is 1. The molecule has 1 amide bonds. The van der Waals surface area contributed by atoms with Crippen LogP contribution in [0.5, 0.6) is 0 Å². The van der Waals surface area contributed by atoms with Gasteiger partial charge in [-0.25, -0.2) is 4.79 Å². The van der Waals surface area contributed by atoms with E-state index in [9.17, 15) is 18.0 Å². The SMILES string of the molecule is CS(=O)(=O)OC1S[C@@H]2CC(=O)N2C=C1C(=O)O. The van der Waals surface area contributed by atoms with Crippen LogP contribution in [0.3, 0.4) is 0 Å². The van der Waals surface area contributed by atoms with Crippen LogP contribution in [0.4, 0.5) is 0 Å². The van der Waals surface area contributed by atoms with Gasteiger partial charge in [0, 0.05) is 6.20 Å². The van der Waals surface area contributed by atoms with Gasteiger partial charge in [-0.15, -0.1) is 0 Å². The van der Waals surface area contributed by atoms with Crippen LogP contribution in [0.25, 0.3) is 0 Å². The number of thioether (sulfide) groups is 1. The van der Waals surface area contributed by atoms with E-state index >= 15 is 0 Å². The molecule has 0 saturated carbocycles. The summed E-state index contributed by atoms with van der Waals surface area (Å²) in [6, 6.07) is 0. The zero-order valence-corrected chi connectivity index (χ0v) is 10.3. The van der Waals surface area contributed by atoms with E-state index in [2.05, 4.69) is 4.18 Å². The first-order chi connectivity index (χ1) is 7.78. The number of hydrogen-bond acceptors (Lipinski definition) is 6. The Kier molecular flexibility index (Phi) is 2.92. The Morgan fingerprint density at radius 2 is 2.29 bits per heavy atom. The van der Waals surface area contributed by atoms with Crippen molar-refractivity contribution in [2.45, 2.75) is 17.2 Å². The number of hydrogen-bond donors (Lipinski definition) is 1. The average molecular weight is 279 g/mol. The Bertz CT molecular complexity index is 510. The molecule has 0 aromatic heterocycles. The summed E-state index contributed by atoms with van der Waals surface area (Å²) in [4.78, 5) is 23.4. The lowest BCUT2D eigenvalue weighted by molar-refractivity contribution is -0.138. The zero-order chi connectivity index (χ0) is 12.8.